The zero-order valence-corrected chi connectivity index (χ0v) is 11.9. The largest absolute Gasteiger partial charge is 0.294 e. The van der Waals surface area contributed by atoms with Gasteiger partial charge in [-0.25, -0.2) is 0 Å². The minimum Gasteiger partial charge on any atom is -0.294 e. The standard InChI is InChI=1S/C18H20O/c1-4-14-10-11-15(5-2)18(12-14)17-9-7-6-8-16(17)13(3)19/h6-12H,4-5H2,1-3H3. The lowest BCUT2D eigenvalue weighted by Gasteiger charge is -2.13. The Balaban J connectivity index is 2.66. The van der Waals surface area contributed by atoms with Crippen molar-refractivity contribution >= 4 is 5.78 Å². The average Bonchev–Trinajstić information content (AvgIpc) is 2.46. The summed E-state index contributed by atoms with van der Waals surface area (Å²) in [7, 11) is 0. The van der Waals surface area contributed by atoms with E-state index < -0.39 is 0 Å². The third kappa shape index (κ3) is 2.76. The molecule has 2 rings (SSSR count). The molecular weight excluding hydrogens is 232 g/mol. The molecule has 1 heteroatoms. The van der Waals surface area contributed by atoms with Gasteiger partial charge in [0.25, 0.3) is 0 Å². The molecule has 0 bridgehead atoms. The molecule has 0 N–H and O–H groups in total. The average molecular weight is 252 g/mol. The van der Waals surface area contributed by atoms with Crippen LogP contribution in [0.25, 0.3) is 11.1 Å². The van der Waals surface area contributed by atoms with Gasteiger partial charge in [0, 0.05) is 5.56 Å². The van der Waals surface area contributed by atoms with Gasteiger partial charge in [0.1, 0.15) is 0 Å². The minimum atomic E-state index is 0.125. The highest BCUT2D eigenvalue weighted by Crippen LogP contribution is 2.29. The molecule has 2 aromatic rings. The number of carbonyl (C=O) groups excluding carboxylic acids is 1. The SMILES string of the molecule is CCc1ccc(CC)c(-c2ccccc2C(C)=O)c1. The van der Waals surface area contributed by atoms with Crippen molar-refractivity contribution in [1.29, 1.82) is 0 Å². The Kier molecular flexibility index (Phi) is 4.16. The first-order chi connectivity index (χ1) is 9.17. The van der Waals surface area contributed by atoms with Crippen molar-refractivity contribution in [1.82, 2.24) is 0 Å². The van der Waals surface area contributed by atoms with Crippen LogP contribution in [0.2, 0.25) is 0 Å². The molecule has 0 aliphatic carbocycles. The van der Waals surface area contributed by atoms with Crippen LogP contribution in [-0.2, 0) is 12.8 Å². The second kappa shape index (κ2) is 5.83. The van der Waals surface area contributed by atoms with Gasteiger partial charge in [-0.3, -0.25) is 4.79 Å². The highest BCUT2D eigenvalue weighted by atomic mass is 16.1. The lowest BCUT2D eigenvalue weighted by atomic mass is 9.91. The fourth-order valence-corrected chi connectivity index (χ4v) is 2.43. The number of hydrogen-bond acceptors (Lipinski definition) is 1. The molecular formula is C18H20O. The lowest BCUT2D eigenvalue weighted by molar-refractivity contribution is 0.101. The Morgan fingerprint density at radius 3 is 2.32 bits per heavy atom. The van der Waals surface area contributed by atoms with Gasteiger partial charge in [-0.1, -0.05) is 56.3 Å². The van der Waals surface area contributed by atoms with Crippen molar-refractivity contribution in [2.24, 2.45) is 0 Å². The van der Waals surface area contributed by atoms with Crippen LogP contribution in [0.1, 0.15) is 42.3 Å². The molecule has 2 aromatic carbocycles. The molecule has 0 spiro atoms. The van der Waals surface area contributed by atoms with E-state index in [1.165, 1.54) is 16.7 Å². The molecule has 0 heterocycles. The van der Waals surface area contributed by atoms with Gasteiger partial charge in [-0.2, -0.15) is 0 Å². The van der Waals surface area contributed by atoms with Crippen molar-refractivity contribution in [3.8, 4) is 11.1 Å². The number of aryl methyl sites for hydroxylation is 2. The van der Waals surface area contributed by atoms with Crippen LogP contribution in [0.5, 0.6) is 0 Å². The normalized spacial score (nSPS) is 10.5. The van der Waals surface area contributed by atoms with E-state index in [4.69, 9.17) is 0 Å². The lowest BCUT2D eigenvalue weighted by Crippen LogP contribution is -1.98. The molecule has 1 nitrogen and oxygen atoms in total. The summed E-state index contributed by atoms with van der Waals surface area (Å²) in [5, 5.41) is 0. The molecule has 0 saturated heterocycles. The quantitative estimate of drug-likeness (QED) is 0.722. The predicted octanol–water partition coefficient (Wildman–Crippen LogP) is 4.68. The maximum atomic E-state index is 11.8. The Labute approximate surface area is 115 Å². The van der Waals surface area contributed by atoms with Gasteiger partial charge in [-0.15, -0.1) is 0 Å². The van der Waals surface area contributed by atoms with Gasteiger partial charge < -0.3 is 0 Å². The maximum Gasteiger partial charge on any atom is 0.160 e. The van der Waals surface area contributed by atoms with Crippen LogP contribution in [0, 0.1) is 0 Å². The molecule has 0 aromatic heterocycles. The highest BCUT2D eigenvalue weighted by Gasteiger charge is 2.11. The van der Waals surface area contributed by atoms with Crippen molar-refractivity contribution < 1.29 is 4.79 Å². The fraction of sp³-hybridized carbons (Fsp3) is 0.278. The predicted molar refractivity (Wildman–Crippen MR) is 80.6 cm³/mol. The van der Waals surface area contributed by atoms with E-state index in [0.717, 1.165) is 24.0 Å². The summed E-state index contributed by atoms with van der Waals surface area (Å²) in [4.78, 5) is 11.8. The molecule has 0 aliphatic rings. The van der Waals surface area contributed by atoms with E-state index in [1.54, 1.807) is 6.92 Å². The van der Waals surface area contributed by atoms with Crippen LogP contribution < -0.4 is 0 Å². The summed E-state index contributed by atoms with van der Waals surface area (Å²) >= 11 is 0. The van der Waals surface area contributed by atoms with E-state index in [9.17, 15) is 4.79 Å². The summed E-state index contributed by atoms with van der Waals surface area (Å²) in [6.07, 6.45) is 1.99. The first-order valence-electron chi connectivity index (χ1n) is 6.89. The second-order valence-electron chi connectivity index (χ2n) is 4.80. The van der Waals surface area contributed by atoms with Gasteiger partial charge in [0.2, 0.25) is 0 Å². The van der Waals surface area contributed by atoms with Gasteiger partial charge in [0.05, 0.1) is 0 Å². The molecule has 19 heavy (non-hydrogen) atoms. The third-order valence-electron chi connectivity index (χ3n) is 3.56. The first-order valence-corrected chi connectivity index (χ1v) is 6.89. The van der Waals surface area contributed by atoms with Gasteiger partial charge in [0.15, 0.2) is 5.78 Å². The second-order valence-corrected chi connectivity index (χ2v) is 4.80. The number of Topliss-reactive ketones (excluding diaryl/α,β-unsaturated/α-hetero) is 1. The molecule has 0 fully saturated rings. The monoisotopic (exact) mass is 252 g/mol. The molecule has 0 amide bonds. The number of ketones is 1. The smallest absolute Gasteiger partial charge is 0.160 e. The van der Waals surface area contributed by atoms with Crippen molar-refractivity contribution in [2.75, 3.05) is 0 Å². The number of rotatable bonds is 4. The van der Waals surface area contributed by atoms with E-state index in [1.807, 2.05) is 24.3 Å². The molecule has 0 saturated carbocycles. The number of carbonyl (C=O) groups is 1. The zero-order valence-electron chi connectivity index (χ0n) is 11.9. The molecule has 0 unspecified atom stereocenters. The Morgan fingerprint density at radius 2 is 1.68 bits per heavy atom. The van der Waals surface area contributed by atoms with E-state index in [2.05, 4.69) is 32.0 Å². The minimum absolute atomic E-state index is 0.125. The number of hydrogen-bond donors (Lipinski definition) is 0. The summed E-state index contributed by atoms with van der Waals surface area (Å²) in [5.41, 5.74) is 5.68. The van der Waals surface area contributed by atoms with Crippen LogP contribution >= 0.6 is 0 Å². The summed E-state index contributed by atoms with van der Waals surface area (Å²) in [6, 6.07) is 14.5. The van der Waals surface area contributed by atoms with Crippen LogP contribution in [0.4, 0.5) is 0 Å². The Hall–Kier alpha value is -1.89. The van der Waals surface area contributed by atoms with E-state index >= 15 is 0 Å². The van der Waals surface area contributed by atoms with Crippen molar-refractivity contribution in [3.05, 3.63) is 59.2 Å². The summed E-state index contributed by atoms with van der Waals surface area (Å²) in [6.45, 7) is 5.94. The summed E-state index contributed by atoms with van der Waals surface area (Å²) in [5.74, 6) is 0.125. The van der Waals surface area contributed by atoms with Gasteiger partial charge >= 0.3 is 0 Å². The fourth-order valence-electron chi connectivity index (χ4n) is 2.43. The maximum absolute atomic E-state index is 11.8. The van der Waals surface area contributed by atoms with Crippen molar-refractivity contribution in [3.63, 3.8) is 0 Å². The molecule has 0 radical (unpaired) electrons. The zero-order chi connectivity index (χ0) is 13.8. The van der Waals surface area contributed by atoms with E-state index in [0.29, 0.717) is 0 Å². The molecule has 0 atom stereocenters. The third-order valence-corrected chi connectivity index (χ3v) is 3.56. The molecule has 98 valence electrons. The van der Waals surface area contributed by atoms with E-state index in [-0.39, 0.29) is 5.78 Å². The van der Waals surface area contributed by atoms with Crippen LogP contribution in [-0.4, -0.2) is 5.78 Å². The summed E-state index contributed by atoms with van der Waals surface area (Å²) < 4.78 is 0. The van der Waals surface area contributed by atoms with Crippen LogP contribution in [0.15, 0.2) is 42.5 Å². The Morgan fingerprint density at radius 1 is 0.947 bits per heavy atom. The highest BCUT2D eigenvalue weighted by molar-refractivity contribution is 6.01. The molecule has 0 aliphatic heterocycles. The first kappa shape index (κ1) is 13.5. The van der Waals surface area contributed by atoms with Crippen LogP contribution in [0.3, 0.4) is 0 Å². The number of benzene rings is 2. The topological polar surface area (TPSA) is 17.1 Å². The Bertz CT molecular complexity index is 596. The van der Waals surface area contributed by atoms with Crippen molar-refractivity contribution in [2.45, 2.75) is 33.6 Å². The van der Waals surface area contributed by atoms with Gasteiger partial charge in [-0.05, 0) is 42.0 Å².